The number of nitrogens with zero attached hydrogens (tertiary/aromatic N) is 3. The number of ether oxygens (including phenoxy) is 1. The zero-order valence-electron chi connectivity index (χ0n) is 15.4. The van der Waals surface area contributed by atoms with Crippen molar-refractivity contribution in [3.8, 4) is 0 Å². The minimum atomic E-state index is 0.0968. The zero-order chi connectivity index (χ0) is 16.5. The van der Waals surface area contributed by atoms with Crippen LogP contribution in [0.25, 0.3) is 0 Å². The van der Waals surface area contributed by atoms with Crippen molar-refractivity contribution in [3.05, 3.63) is 17.5 Å². The van der Waals surface area contributed by atoms with Gasteiger partial charge < -0.3 is 4.74 Å². The van der Waals surface area contributed by atoms with Crippen LogP contribution in [-0.2, 0) is 15.6 Å². The largest absolute Gasteiger partial charge is 0.383 e. The SMILES string of the molecule is COCCN1CCC(n2nc(C(C)(C)C)cc2C(C)(C)C)C1. The van der Waals surface area contributed by atoms with Crippen molar-refractivity contribution in [2.75, 3.05) is 33.4 Å². The van der Waals surface area contributed by atoms with Gasteiger partial charge in [-0.2, -0.15) is 5.10 Å². The van der Waals surface area contributed by atoms with Crippen molar-refractivity contribution in [2.45, 2.75) is 64.8 Å². The van der Waals surface area contributed by atoms with Crippen molar-refractivity contribution in [1.29, 1.82) is 0 Å². The monoisotopic (exact) mass is 307 g/mol. The summed E-state index contributed by atoms with van der Waals surface area (Å²) in [5.41, 5.74) is 2.78. The number of hydrogen-bond donors (Lipinski definition) is 0. The predicted octanol–water partition coefficient (Wildman–Crippen LogP) is 3.37. The van der Waals surface area contributed by atoms with Crippen LogP contribution >= 0.6 is 0 Å². The molecule has 1 aromatic rings. The Balaban J connectivity index is 2.25. The van der Waals surface area contributed by atoms with Crippen LogP contribution in [-0.4, -0.2) is 48.0 Å². The van der Waals surface area contributed by atoms with Gasteiger partial charge in [-0.15, -0.1) is 0 Å². The third-order valence-corrected chi connectivity index (χ3v) is 4.48. The average Bonchev–Trinajstić information content (AvgIpc) is 3.01. The molecule has 2 heterocycles. The molecular formula is C18H33N3O. The number of aromatic nitrogens is 2. The number of likely N-dealkylation sites (tertiary alicyclic amines) is 1. The normalized spacial score (nSPS) is 20.8. The van der Waals surface area contributed by atoms with E-state index in [1.807, 2.05) is 0 Å². The summed E-state index contributed by atoms with van der Waals surface area (Å²) in [5.74, 6) is 0. The lowest BCUT2D eigenvalue weighted by molar-refractivity contribution is 0.158. The van der Waals surface area contributed by atoms with Crippen LogP contribution in [0.1, 0.15) is 65.4 Å². The molecule has 4 nitrogen and oxygen atoms in total. The molecule has 0 aromatic carbocycles. The molecule has 22 heavy (non-hydrogen) atoms. The van der Waals surface area contributed by atoms with Gasteiger partial charge in [0.05, 0.1) is 18.3 Å². The maximum absolute atomic E-state index is 5.21. The van der Waals surface area contributed by atoms with E-state index in [-0.39, 0.29) is 10.8 Å². The van der Waals surface area contributed by atoms with Gasteiger partial charge in [0.25, 0.3) is 0 Å². The molecule has 1 aromatic heterocycles. The van der Waals surface area contributed by atoms with Crippen molar-refractivity contribution >= 4 is 0 Å². The summed E-state index contributed by atoms with van der Waals surface area (Å²) in [4.78, 5) is 2.49. The molecule has 0 N–H and O–H groups in total. The minimum Gasteiger partial charge on any atom is -0.383 e. The van der Waals surface area contributed by atoms with E-state index >= 15 is 0 Å². The highest BCUT2D eigenvalue weighted by Crippen LogP contribution is 2.33. The smallest absolute Gasteiger partial charge is 0.0681 e. The van der Waals surface area contributed by atoms with Crippen molar-refractivity contribution < 1.29 is 4.74 Å². The topological polar surface area (TPSA) is 30.3 Å². The Bertz CT molecular complexity index is 493. The first-order valence-electron chi connectivity index (χ1n) is 8.44. The van der Waals surface area contributed by atoms with E-state index in [1.165, 1.54) is 17.8 Å². The van der Waals surface area contributed by atoms with E-state index < -0.39 is 0 Å². The van der Waals surface area contributed by atoms with Gasteiger partial charge in [-0.3, -0.25) is 9.58 Å². The fraction of sp³-hybridized carbons (Fsp3) is 0.833. The maximum atomic E-state index is 5.21. The lowest BCUT2D eigenvalue weighted by atomic mass is 9.87. The fourth-order valence-electron chi connectivity index (χ4n) is 3.03. The zero-order valence-corrected chi connectivity index (χ0v) is 15.4. The van der Waals surface area contributed by atoms with E-state index in [0.29, 0.717) is 6.04 Å². The molecule has 4 heteroatoms. The Morgan fingerprint density at radius 3 is 2.41 bits per heavy atom. The summed E-state index contributed by atoms with van der Waals surface area (Å²) in [6.45, 7) is 17.6. The molecule has 0 aliphatic carbocycles. The first-order valence-corrected chi connectivity index (χ1v) is 8.44. The van der Waals surface area contributed by atoms with Crippen LogP contribution in [0.4, 0.5) is 0 Å². The first kappa shape index (κ1) is 17.5. The molecule has 1 saturated heterocycles. The molecule has 1 aliphatic rings. The third-order valence-electron chi connectivity index (χ3n) is 4.48. The molecule has 0 bridgehead atoms. The molecule has 1 fully saturated rings. The van der Waals surface area contributed by atoms with E-state index in [0.717, 1.165) is 26.2 Å². The summed E-state index contributed by atoms with van der Waals surface area (Å²) in [7, 11) is 1.77. The standard InChI is InChI=1S/C18H33N3O/c1-17(2,3)15-12-16(18(4,5)6)21(19-15)14-8-9-20(13-14)10-11-22-7/h12,14H,8-11,13H2,1-7H3. The van der Waals surface area contributed by atoms with Crippen LogP contribution in [0.5, 0.6) is 0 Å². The second-order valence-corrected chi connectivity index (χ2v) is 8.60. The van der Waals surface area contributed by atoms with Gasteiger partial charge in [0.15, 0.2) is 0 Å². The molecule has 0 spiro atoms. The van der Waals surface area contributed by atoms with Gasteiger partial charge in [-0.05, 0) is 12.5 Å². The van der Waals surface area contributed by atoms with E-state index in [9.17, 15) is 0 Å². The predicted molar refractivity (Wildman–Crippen MR) is 91.6 cm³/mol. The van der Waals surface area contributed by atoms with Crippen molar-refractivity contribution in [3.63, 3.8) is 0 Å². The van der Waals surface area contributed by atoms with Crippen LogP contribution in [0.3, 0.4) is 0 Å². The summed E-state index contributed by atoms with van der Waals surface area (Å²) < 4.78 is 7.52. The molecular weight excluding hydrogens is 274 g/mol. The lowest BCUT2D eigenvalue weighted by Gasteiger charge is -2.24. The number of hydrogen-bond acceptors (Lipinski definition) is 3. The van der Waals surface area contributed by atoms with Gasteiger partial charge >= 0.3 is 0 Å². The molecule has 1 aliphatic heterocycles. The van der Waals surface area contributed by atoms with Crippen molar-refractivity contribution in [1.82, 2.24) is 14.7 Å². The van der Waals surface area contributed by atoms with Gasteiger partial charge in [0.2, 0.25) is 0 Å². The summed E-state index contributed by atoms with van der Waals surface area (Å²) >= 11 is 0. The highest BCUT2D eigenvalue weighted by atomic mass is 16.5. The second kappa shape index (κ2) is 6.32. The average molecular weight is 307 g/mol. The quantitative estimate of drug-likeness (QED) is 0.854. The highest BCUT2D eigenvalue weighted by Gasteiger charge is 2.31. The minimum absolute atomic E-state index is 0.0968. The molecule has 2 rings (SSSR count). The van der Waals surface area contributed by atoms with Crippen LogP contribution in [0.2, 0.25) is 0 Å². The Kier molecular flexibility index (Phi) is 5.03. The lowest BCUT2D eigenvalue weighted by Crippen LogP contribution is -2.27. The van der Waals surface area contributed by atoms with Gasteiger partial charge in [-0.1, -0.05) is 41.5 Å². The molecule has 0 amide bonds. The molecule has 0 saturated carbocycles. The van der Waals surface area contributed by atoms with Gasteiger partial charge in [0, 0.05) is 43.3 Å². The Morgan fingerprint density at radius 1 is 1.18 bits per heavy atom. The van der Waals surface area contributed by atoms with Crippen molar-refractivity contribution in [2.24, 2.45) is 0 Å². The maximum Gasteiger partial charge on any atom is 0.0681 e. The van der Waals surface area contributed by atoms with E-state index in [4.69, 9.17) is 9.84 Å². The van der Waals surface area contributed by atoms with Crippen LogP contribution in [0.15, 0.2) is 6.07 Å². The molecule has 0 radical (unpaired) electrons. The summed E-state index contributed by atoms with van der Waals surface area (Å²) in [6.07, 6.45) is 1.18. The van der Waals surface area contributed by atoms with E-state index in [2.05, 4.69) is 57.2 Å². The number of rotatable bonds is 4. The molecule has 1 unspecified atom stereocenters. The number of methoxy groups -OCH3 is 1. The Labute approximate surface area is 135 Å². The summed E-state index contributed by atoms with van der Waals surface area (Å²) in [5, 5.41) is 5.00. The first-order chi connectivity index (χ1) is 10.1. The molecule has 126 valence electrons. The third kappa shape index (κ3) is 3.90. The van der Waals surface area contributed by atoms with Crippen LogP contribution < -0.4 is 0 Å². The second-order valence-electron chi connectivity index (χ2n) is 8.60. The molecule has 1 atom stereocenters. The summed E-state index contributed by atoms with van der Waals surface area (Å²) in [6, 6.07) is 2.81. The highest BCUT2D eigenvalue weighted by molar-refractivity contribution is 5.23. The van der Waals surface area contributed by atoms with Gasteiger partial charge in [0.1, 0.15) is 0 Å². The van der Waals surface area contributed by atoms with E-state index in [1.54, 1.807) is 7.11 Å². The van der Waals surface area contributed by atoms with Gasteiger partial charge in [-0.25, -0.2) is 0 Å². The van der Waals surface area contributed by atoms with Crippen LogP contribution in [0, 0.1) is 0 Å². The Morgan fingerprint density at radius 2 is 1.86 bits per heavy atom. The Hall–Kier alpha value is -0.870. The fourth-order valence-corrected chi connectivity index (χ4v) is 3.03.